The van der Waals surface area contributed by atoms with Crippen molar-refractivity contribution >= 4 is 11.9 Å². The van der Waals surface area contributed by atoms with Crippen molar-refractivity contribution in [2.75, 3.05) is 11.9 Å². The predicted molar refractivity (Wildman–Crippen MR) is 64.4 cm³/mol. The summed E-state index contributed by atoms with van der Waals surface area (Å²) in [5, 5.41) is 11.8. The zero-order valence-electron chi connectivity index (χ0n) is 9.87. The van der Waals surface area contributed by atoms with Crippen LogP contribution in [0.5, 0.6) is 0 Å². The Labute approximate surface area is 104 Å². The molecule has 0 amide bonds. The summed E-state index contributed by atoms with van der Waals surface area (Å²) in [6, 6.07) is 1.35. The third-order valence-corrected chi connectivity index (χ3v) is 2.43. The van der Waals surface area contributed by atoms with E-state index in [9.17, 15) is 4.79 Å². The number of nitrogens with zero attached hydrogens (tertiary/aromatic N) is 4. The van der Waals surface area contributed by atoms with Gasteiger partial charge >= 0.3 is 5.97 Å². The molecular weight excluding hydrogens is 234 g/mol. The number of aromatic carboxylic acids is 1. The number of carbonyl (C=O) groups is 1. The van der Waals surface area contributed by atoms with Crippen LogP contribution in [0.25, 0.3) is 0 Å². The summed E-state index contributed by atoms with van der Waals surface area (Å²) in [6.07, 6.45) is 5.73. The molecule has 2 aromatic heterocycles. The fourth-order valence-corrected chi connectivity index (χ4v) is 1.49. The lowest BCUT2D eigenvalue weighted by Gasteiger charge is -2.05. The third-order valence-electron chi connectivity index (χ3n) is 2.43. The Morgan fingerprint density at radius 2 is 2.28 bits per heavy atom. The van der Waals surface area contributed by atoms with Gasteiger partial charge in [-0.3, -0.25) is 0 Å². The second kappa shape index (κ2) is 5.26. The van der Waals surface area contributed by atoms with E-state index in [1.807, 2.05) is 17.8 Å². The summed E-state index contributed by atoms with van der Waals surface area (Å²) in [6.45, 7) is 0.591. The lowest BCUT2D eigenvalue weighted by atomic mass is 10.4. The van der Waals surface area contributed by atoms with E-state index in [2.05, 4.69) is 20.3 Å². The van der Waals surface area contributed by atoms with Crippen molar-refractivity contribution in [1.82, 2.24) is 19.5 Å². The van der Waals surface area contributed by atoms with Crippen molar-refractivity contribution in [3.63, 3.8) is 0 Å². The number of rotatable bonds is 5. The summed E-state index contributed by atoms with van der Waals surface area (Å²) in [5.74, 6) is 0.186. The number of aryl methyl sites for hydroxylation is 1. The zero-order chi connectivity index (χ0) is 13.0. The van der Waals surface area contributed by atoms with Gasteiger partial charge in [-0.2, -0.15) is 0 Å². The van der Waals surface area contributed by atoms with Crippen molar-refractivity contribution in [2.45, 2.75) is 6.42 Å². The largest absolute Gasteiger partial charge is 0.477 e. The zero-order valence-corrected chi connectivity index (χ0v) is 9.87. The Morgan fingerprint density at radius 3 is 2.94 bits per heavy atom. The number of aromatic nitrogens is 4. The minimum atomic E-state index is -1.07. The molecule has 94 valence electrons. The van der Waals surface area contributed by atoms with Crippen molar-refractivity contribution in [2.24, 2.45) is 7.05 Å². The first-order chi connectivity index (χ1) is 8.66. The molecule has 0 aliphatic rings. The van der Waals surface area contributed by atoms with E-state index in [1.165, 1.54) is 12.3 Å². The fourth-order valence-electron chi connectivity index (χ4n) is 1.49. The maximum absolute atomic E-state index is 10.7. The molecule has 0 fully saturated rings. The summed E-state index contributed by atoms with van der Waals surface area (Å²) >= 11 is 0. The van der Waals surface area contributed by atoms with Crippen LogP contribution in [0.1, 0.15) is 16.3 Å². The molecule has 0 saturated carbocycles. The van der Waals surface area contributed by atoms with Crippen LogP contribution >= 0.6 is 0 Å². The molecule has 0 aliphatic carbocycles. The number of carboxylic acid groups (broad SMARTS) is 1. The molecule has 0 bridgehead atoms. The molecular formula is C11H13N5O2. The van der Waals surface area contributed by atoms with E-state index in [4.69, 9.17) is 5.11 Å². The molecule has 0 saturated heterocycles. The van der Waals surface area contributed by atoms with Crippen LogP contribution < -0.4 is 5.32 Å². The van der Waals surface area contributed by atoms with Gasteiger partial charge in [0.1, 0.15) is 5.82 Å². The number of imidazole rings is 1. The normalized spacial score (nSPS) is 10.3. The molecule has 0 aromatic carbocycles. The van der Waals surface area contributed by atoms with Crippen molar-refractivity contribution < 1.29 is 9.90 Å². The van der Waals surface area contributed by atoms with Crippen molar-refractivity contribution in [3.8, 4) is 0 Å². The van der Waals surface area contributed by atoms with Gasteiger partial charge in [-0.15, -0.1) is 0 Å². The van der Waals surface area contributed by atoms with Crippen molar-refractivity contribution in [3.05, 3.63) is 36.2 Å². The minimum absolute atomic E-state index is 0.0236. The first-order valence-corrected chi connectivity index (χ1v) is 5.43. The third kappa shape index (κ3) is 2.82. The average molecular weight is 247 g/mol. The number of carboxylic acids is 1. The highest BCUT2D eigenvalue weighted by molar-refractivity contribution is 5.85. The number of nitrogens with one attached hydrogen (secondary N) is 1. The van der Waals surface area contributed by atoms with Crippen molar-refractivity contribution in [1.29, 1.82) is 0 Å². The molecule has 2 rings (SSSR count). The van der Waals surface area contributed by atoms with Gasteiger partial charge in [0, 0.05) is 38.6 Å². The van der Waals surface area contributed by atoms with Gasteiger partial charge in [-0.25, -0.2) is 19.7 Å². The summed E-state index contributed by atoms with van der Waals surface area (Å²) in [5.41, 5.74) is -0.0236. The highest BCUT2D eigenvalue weighted by atomic mass is 16.4. The fraction of sp³-hybridized carbons (Fsp3) is 0.273. The highest BCUT2D eigenvalue weighted by Gasteiger charge is 2.06. The highest BCUT2D eigenvalue weighted by Crippen LogP contribution is 2.01. The van der Waals surface area contributed by atoms with E-state index in [1.54, 1.807) is 6.20 Å². The molecule has 0 atom stereocenters. The maximum Gasteiger partial charge on any atom is 0.354 e. The van der Waals surface area contributed by atoms with Gasteiger partial charge in [0.15, 0.2) is 5.69 Å². The molecule has 2 N–H and O–H groups in total. The average Bonchev–Trinajstić information content (AvgIpc) is 2.76. The van der Waals surface area contributed by atoms with E-state index in [0.717, 1.165) is 5.82 Å². The van der Waals surface area contributed by atoms with Crippen LogP contribution in [0.4, 0.5) is 5.95 Å². The van der Waals surface area contributed by atoms with Crippen LogP contribution in [0, 0.1) is 0 Å². The van der Waals surface area contributed by atoms with Crippen LogP contribution in [-0.4, -0.2) is 37.1 Å². The minimum Gasteiger partial charge on any atom is -0.477 e. The van der Waals surface area contributed by atoms with E-state index in [0.29, 0.717) is 18.9 Å². The van der Waals surface area contributed by atoms with E-state index < -0.39 is 5.97 Å². The number of hydrogen-bond acceptors (Lipinski definition) is 5. The first kappa shape index (κ1) is 12.0. The number of anilines is 1. The van der Waals surface area contributed by atoms with Gasteiger partial charge in [0.25, 0.3) is 0 Å². The Morgan fingerprint density at radius 1 is 1.44 bits per heavy atom. The summed E-state index contributed by atoms with van der Waals surface area (Å²) in [4.78, 5) is 22.7. The molecule has 7 nitrogen and oxygen atoms in total. The molecule has 0 spiro atoms. The Hall–Kier alpha value is -2.44. The van der Waals surface area contributed by atoms with Gasteiger partial charge in [0.2, 0.25) is 5.95 Å². The van der Waals surface area contributed by atoms with Gasteiger partial charge in [0.05, 0.1) is 0 Å². The maximum atomic E-state index is 10.7. The Balaban J connectivity index is 1.92. The lowest BCUT2D eigenvalue weighted by Crippen LogP contribution is -2.12. The first-order valence-electron chi connectivity index (χ1n) is 5.43. The predicted octanol–water partition coefficient (Wildman–Crippen LogP) is 0.563. The molecule has 0 aliphatic heterocycles. The van der Waals surface area contributed by atoms with Crippen LogP contribution in [0.15, 0.2) is 24.7 Å². The summed E-state index contributed by atoms with van der Waals surface area (Å²) < 4.78 is 1.93. The molecule has 2 aromatic rings. The van der Waals surface area contributed by atoms with Gasteiger partial charge < -0.3 is 15.0 Å². The molecule has 7 heteroatoms. The van der Waals surface area contributed by atoms with Gasteiger partial charge in [-0.1, -0.05) is 0 Å². The smallest absolute Gasteiger partial charge is 0.354 e. The molecule has 0 radical (unpaired) electrons. The molecule has 2 heterocycles. The molecule has 18 heavy (non-hydrogen) atoms. The summed E-state index contributed by atoms with van der Waals surface area (Å²) in [7, 11) is 1.92. The Bertz CT molecular complexity index is 552. The van der Waals surface area contributed by atoms with E-state index >= 15 is 0 Å². The molecule has 0 unspecified atom stereocenters. The van der Waals surface area contributed by atoms with Crippen LogP contribution in [0.2, 0.25) is 0 Å². The van der Waals surface area contributed by atoms with Crippen LogP contribution in [-0.2, 0) is 13.5 Å². The second-order valence-electron chi connectivity index (χ2n) is 3.70. The standard InChI is InChI=1S/C11H13N5O2/c1-16-7-6-12-9(16)3-5-14-11-13-4-2-8(15-11)10(17)18/h2,4,6-7H,3,5H2,1H3,(H,17,18)(H,13,14,15). The quantitative estimate of drug-likeness (QED) is 0.802. The Kier molecular flexibility index (Phi) is 3.52. The van der Waals surface area contributed by atoms with Crippen LogP contribution in [0.3, 0.4) is 0 Å². The monoisotopic (exact) mass is 247 g/mol. The lowest BCUT2D eigenvalue weighted by molar-refractivity contribution is 0.0690. The second-order valence-corrected chi connectivity index (χ2v) is 3.70. The van der Waals surface area contributed by atoms with Gasteiger partial charge in [-0.05, 0) is 6.07 Å². The SMILES string of the molecule is Cn1ccnc1CCNc1nccc(C(=O)O)n1. The topological polar surface area (TPSA) is 92.9 Å². The number of hydrogen-bond donors (Lipinski definition) is 2. The van der Waals surface area contributed by atoms with E-state index in [-0.39, 0.29) is 5.69 Å².